The standard InChI is InChI=1S/C29H30N4O3S2/c34-27-23(18-24-28(35)33(29(37)38-24)19-22-9-6-16-36-22)26(30-25-10-4-5-13-32(25)27)31-14-11-21(12-15-31)17-20-7-2-1-3-8-20/h1-5,7-8,10,13,18,21-22H,6,9,11-12,14-17,19H2/b24-18-. The molecule has 1 unspecified atom stereocenters. The minimum absolute atomic E-state index is 0.0116. The number of fused-ring (bicyclic) bond motifs is 1. The third-order valence-electron chi connectivity index (χ3n) is 7.59. The van der Waals surface area contributed by atoms with Crippen molar-refractivity contribution in [1.29, 1.82) is 0 Å². The van der Waals surface area contributed by atoms with E-state index in [1.807, 2.05) is 24.3 Å². The topological polar surface area (TPSA) is 67.2 Å². The molecule has 3 aliphatic rings. The van der Waals surface area contributed by atoms with Crippen molar-refractivity contribution in [2.24, 2.45) is 5.92 Å². The van der Waals surface area contributed by atoms with E-state index in [1.165, 1.54) is 17.3 Å². The Balaban J connectivity index is 1.29. The average molecular weight is 547 g/mol. The number of benzene rings is 1. The first-order valence-electron chi connectivity index (χ1n) is 13.2. The van der Waals surface area contributed by atoms with Gasteiger partial charge in [0.25, 0.3) is 11.5 Å². The van der Waals surface area contributed by atoms with E-state index in [4.69, 9.17) is 21.9 Å². The maximum Gasteiger partial charge on any atom is 0.267 e. The Morgan fingerprint density at radius 1 is 1.05 bits per heavy atom. The number of piperidine rings is 1. The van der Waals surface area contributed by atoms with Gasteiger partial charge in [-0.25, -0.2) is 4.98 Å². The van der Waals surface area contributed by atoms with Crippen LogP contribution in [0.1, 0.15) is 36.8 Å². The van der Waals surface area contributed by atoms with Crippen LogP contribution in [0.15, 0.2) is 64.4 Å². The predicted molar refractivity (Wildman–Crippen MR) is 155 cm³/mol. The highest BCUT2D eigenvalue weighted by Crippen LogP contribution is 2.35. The highest BCUT2D eigenvalue weighted by atomic mass is 32.2. The van der Waals surface area contributed by atoms with Gasteiger partial charge in [-0.15, -0.1) is 0 Å². The van der Waals surface area contributed by atoms with Crippen LogP contribution in [-0.2, 0) is 16.0 Å². The summed E-state index contributed by atoms with van der Waals surface area (Å²) >= 11 is 6.79. The first kappa shape index (κ1) is 25.3. The van der Waals surface area contributed by atoms with Crippen LogP contribution >= 0.6 is 24.0 Å². The predicted octanol–water partition coefficient (Wildman–Crippen LogP) is 4.53. The summed E-state index contributed by atoms with van der Waals surface area (Å²) in [4.78, 5) is 36.2. The van der Waals surface area contributed by atoms with Crippen LogP contribution in [0.4, 0.5) is 5.82 Å². The highest BCUT2D eigenvalue weighted by Gasteiger charge is 2.35. The van der Waals surface area contributed by atoms with Gasteiger partial charge in [-0.1, -0.05) is 60.4 Å². The van der Waals surface area contributed by atoms with Gasteiger partial charge < -0.3 is 9.64 Å². The molecule has 0 bridgehead atoms. The Labute approximate surface area is 231 Å². The highest BCUT2D eigenvalue weighted by molar-refractivity contribution is 8.26. The van der Waals surface area contributed by atoms with Crippen LogP contribution in [0.3, 0.4) is 0 Å². The molecule has 9 heteroatoms. The number of anilines is 1. The monoisotopic (exact) mass is 546 g/mol. The van der Waals surface area contributed by atoms with Crippen molar-refractivity contribution in [2.75, 3.05) is 31.1 Å². The Hall–Kier alpha value is -3.01. The van der Waals surface area contributed by atoms with Crippen molar-refractivity contribution in [1.82, 2.24) is 14.3 Å². The summed E-state index contributed by atoms with van der Waals surface area (Å²) in [6.07, 6.45) is 8.47. The smallest absolute Gasteiger partial charge is 0.267 e. The fraction of sp³-hybridized carbons (Fsp3) is 0.379. The van der Waals surface area contributed by atoms with Crippen molar-refractivity contribution < 1.29 is 9.53 Å². The number of hydrogen-bond donors (Lipinski definition) is 0. The number of aromatic nitrogens is 2. The molecule has 1 amide bonds. The molecule has 3 aliphatic heterocycles. The SMILES string of the molecule is O=C1/C(=C/c2c(N3CCC(Cc4ccccc4)CC3)nc3ccccn3c2=O)SC(=S)N1CC1CCCO1. The molecule has 6 rings (SSSR count). The quantitative estimate of drug-likeness (QED) is 0.332. The van der Waals surface area contributed by atoms with Gasteiger partial charge in [-0.2, -0.15) is 0 Å². The molecule has 0 radical (unpaired) electrons. The summed E-state index contributed by atoms with van der Waals surface area (Å²) in [6, 6.07) is 16.1. The minimum atomic E-state index is -0.179. The Bertz CT molecular complexity index is 1440. The number of thioether (sulfide) groups is 1. The number of carbonyl (C=O) groups is 1. The molecule has 5 heterocycles. The molecular weight excluding hydrogens is 516 g/mol. The van der Waals surface area contributed by atoms with Crippen LogP contribution in [-0.4, -0.2) is 56.9 Å². The third kappa shape index (κ3) is 5.15. The van der Waals surface area contributed by atoms with Crippen LogP contribution in [0.25, 0.3) is 11.7 Å². The molecule has 3 aromatic rings. The number of thiocarbonyl (C=S) groups is 1. The van der Waals surface area contributed by atoms with Crippen molar-refractivity contribution in [2.45, 2.75) is 38.2 Å². The van der Waals surface area contributed by atoms with Gasteiger partial charge >= 0.3 is 0 Å². The molecule has 38 heavy (non-hydrogen) atoms. The second-order valence-electron chi connectivity index (χ2n) is 10.1. The molecule has 7 nitrogen and oxygen atoms in total. The molecule has 3 fully saturated rings. The van der Waals surface area contributed by atoms with Crippen LogP contribution in [0.2, 0.25) is 0 Å². The normalized spacial score (nSPS) is 21.8. The molecule has 0 aliphatic carbocycles. The van der Waals surface area contributed by atoms with Crippen molar-refractivity contribution in [3.63, 3.8) is 0 Å². The van der Waals surface area contributed by atoms with Crippen LogP contribution in [0, 0.1) is 5.92 Å². The zero-order valence-electron chi connectivity index (χ0n) is 21.1. The Morgan fingerprint density at radius 2 is 1.84 bits per heavy atom. The lowest BCUT2D eigenvalue weighted by molar-refractivity contribution is -0.123. The van der Waals surface area contributed by atoms with Gasteiger partial charge in [0.15, 0.2) is 0 Å². The maximum atomic E-state index is 13.7. The summed E-state index contributed by atoms with van der Waals surface area (Å²) in [5, 5.41) is 0. The van der Waals surface area contributed by atoms with Gasteiger partial charge in [0, 0.05) is 25.9 Å². The lowest BCUT2D eigenvalue weighted by Gasteiger charge is -2.33. The number of ether oxygens (including phenoxy) is 1. The lowest BCUT2D eigenvalue weighted by Crippen LogP contribution is -2.37. The van der Waals surface area contributed by atoms with E-state index >= 15 is 0 Å². The van der Waals surface area contributed by atoms with E-state index in [1.54, 1.807) is 21.6 Å². The van der Waals surface area contributed by atoms with Crippen molar-refractivity contribution >= 4 is 51.7 Å². The molecule has 0 saturated carbocycles. The van der Waals surface area contributed by atoms with E-state index in [9.17, 15) is 9.59 Å². The Kier molecular flexibility index (Phi) is 7.32. The summed E-state index contributed by atoms with van der Waals surface area (Å²) in [6.45, 7) is 2.81. The molecule has 0 N–H and O–H groups in total. The second kappa shape index (κ2) is 11.0. The summed E-state index contributed by atoms with van der Waals surface area (Å²) in [5.41, 5.74) is 2.22. The van der Waals surface area contributed by atoms with Crippen LogP contribution < -0.4 is 10.5 Å². The van der Waals surface area contributed by atoms with Crippen molar-refractivity contribution in [3.05, 3.63) is 81.1 Å². The molecule has 2 aromatic heterocycles. The summed E-state index contributed by atoms with van der Waals surface area (Å²) in [7, 11) is 0. The summed E-state index contributed by atoms with van der Waals surface area (Å²) < 4.78 is 7.78. The zero-order chi connectivity index (χ0) is 26.1. The first-order valence-corrected chi connectivity index (χ1v) is 14.5. The van der Waals surface area contributed by atoms with E-state index in [0.717, 1.165) is 51.8 Å². The average Bonchev–Trinajstić information content (AvgIpc) is 3.55. The Morgan fingerprint density at radius 3 is 2.61 bits per heavy atom. The lowest BCUT2D eigenvalue weighted by atomic mass is 9.90. The van der Waals surface area contributed by atoms with Crippen molar-refractivity contribution in [3.8, 4) is 0 Å². The van der Waals surface area contributed by atoms with Gasteiger partial charge in [0.05, 0.1) is 23.1 Å². The molecule has 0 spiro atoms. The maximum absolute atomic E-state index is 13.7. The van der Waals surface area contributed by atoms with E-state index in [2.05, 4.69) is 29.2 Å². The fourth-order valence-electron chi connectivity index (χ4n) is 5.54. The van der Waals surface area contributed by atoms with Gasteiger partial charge in [0.1, 0.15) is 15.8 Å². The van der Waals surface area contributed by atoms with Gasteiger partial charge in [-0.05, 0) is 61.8 Å². The van der Waals surface area contributed by atoms with E-state index in [-0.39, 0.29) is 17.6 Å². The molecular formula is C29H30N4O3S2. The van der Waals surface area contributed by atoms with Gasteiger partial charge in [0.2, 0.25) is 0 Å². The number of carbonyl (C=O) groups excluding carboxylic acids is 1. The van der Waals surface area contributed by atoms with E-state index < -0.39 is 0 Å². The number of nitrogens with zero attached hydrogens (tertiary/aromatic N) is 4. The number of hydrogen-bond acceptors (Lipinski definition) is 7. The fourth-order valence-corrected chi connectivity index (χ4v) is 6.79. The molecule has 196 valence electrons. The number of rotatable bonds is 6. The molecule has 3 saturated heterocycles. The zero-order valence-corrected chi connectivity index (χ0v) is 22.8. The van der Waals surface area contributed by atoms with E-state index in [0.29, 0.717) is 38.7 Å². The first-order chi connectivity index (χ1) is 18.6. The third-order valence-corrected chi connectivity index (χ3v) is 8.97. The summed E-state index contributed by atoms with van der Waals surface area (Å²) in [5.74, 6) is 1.07. The van der Waals surface area contributed by atoms with Crippen LogP contribution in [0.5, 0.6) is 0 Å². The second-order valence-corrected chi connectivity index (χ2v) is 11.8. The number of amides is 1. The minimum Gasteiger partial charge on any atom is -0.376 e. The molecule has 1 atom stereocenters. The number of pyridine rings is 1. The molecule has 1 aromatic carbocycles. The van der Waals surface area contributed by atoms with Gasteiger partial charge in [-0.3, -0.25) is 18.9 Å². The largest absolute Gasteiger partial charge is 0.376 e.